The summed E-state index contributed by atoms with van der Waals surface area (Å²) in [7, 11) is 0. The maximum Gasteiger partial charge on any atom is 0.337 e. The molecule has 0 saturated carbocycles. The molecule has 2 N–H and O–H groups in total. The number of aromatic carboxylic acids is 1. The van der Waals surface area contributed by atoms with Crippen molar-refractivity contribution < 1.29 is 15.0 Å². The van der Waals surface area contributed by atoms with E-state index in [-0.39, 0.29) is 12.2 Å². The highest BCUT2D eigenvalue weighted by Gasteiger charge is 2.14. The molecule has 0 unspecified atom stereocenters. The van der Waals surface area contributed by atoms with E-state index < -0.39 is 5.97 Å². The van der Waals surface area contributed by atoms with Crippen LogP contribution < -0.4 is 0 Å². The Morgan fingerprint density at radius 3 is 2.70 bits per heavy atom. The van der Waals surface area contributed by atoms with Crippen molar-refractivity contribution in [2.45, 2.75) is 39.2 Å². The molecule has 0 atom stereocenters. The second-order valence-electron chi connectivity index (χ2n) is 4.93. The van der Waals surface area contributed by atoms with Crippen molar-refractivity contribution in [1.82, 2.24) is 9.55 Å². The van der Waals surface area contributed by atoms with Gasteiger partial charge in [0.15, 0.2) is 0 Å². The maximum absolute atomic E-state index is 11.2. The third kappa shape index (κ3) is 2.99. The van der Waals surface area contributed by atoms with E-state index in [9.17, 15) is 9.90 Å². The molecule has 108 valence electrons. The summed E-state index contributed by atoms with van der Waals surface area (Å²) in [6.07, 6.45) is 3.91. The Morgan fingerprint density at radius 2 is 2.00 bits per heavy atom. The number of carboxylic acid groups (broad SMARTS) is 1. The van der Waals surface area contributed by atoms with Gasteiger partial charge in [0, 0.05) is 13.2 Å². The zero-order valence-corrected chi connectivity index (χ0v) is 11.7. The molecule has 0 bridgehead atoms. The SMILES string of the molecule is Cc1nc2c(C(=O)O)cccc2n1CCCCCCO. The molecule has 20 heavy (non-hydrogen) atoms. The average Bonchev–Trinajstić information content (AvgIpc) is 2.74. The number of benzene rings is 1. The number of hydrogen-bond donors (Lipinski definition) is 2. The number of carboxylic acids is 1. The van der Waals surface area contributed by atoms with Gasteiger partial charge in [0.25, 0.3) is 0 Å². The molecule has 0 radical (unpaired) electrons. The highest BCUT2D eigenvalue weighted by atomic mass is 16.4. The maximum atomic E-state index is 11.2. The first kappa shape index (κ1) is 14.5. The Labute approximate surface area is 117 Å². The summed E-state index contributed by atoms with van der Waals surface area (Å²) < 4.78 is 2.07. The first-order chi connectivity index (χ1) is 9.65. The summed E-state index contributed by atoms with van der Waals surface area (Å²) >= 11 is 0. The van der Waals surface area contributed by atoms with Gasteiger partial charge in [0.2, 0.25) is 0 Å². The molecule has 2 rings (SSSR count). The van der Waals surface area contributed by atoms with Gasteiger partial charge < -0.3 is 14.8 Å². The minimum absolute atomic E-state index is 0.245. The van der Waals surface area contributed by atoms with Crippen molar-refractivity contribution in [3.8, 4) is 0 Å². The second-order valence-corrected chi connectivity index (χ2v) is 4.93. The fourth-order valence-corrected chi connectivity index (χ4v) is 2.45. The first-order valence-electron chi connectivity index (χ1n) is 6.95. The number of aryl methyl sites for hydroxylation is 2. The van der Waals surface area contributed by atoms with E-state index in [0.717, 1.165) is 43.6 Å². The van der Waals surface area contributed by atoms with E-state index in [0.29, 0.717) is 5.52 Å². The number of aliphatic hydroxyl groups excluding tert-OH is 1. The van der Waals surface area contributed by atoms with Crippen LogP contribution in [-0.4, -0.2) is 32.3 Å². The number of fused-ring (bicyclic) bond motifs is 1. The lowest BCUT2D eigenvalue weighted by atomic mass is 10.1. The molecule has 0 fully saturated rings. The van der Waals surface area contributed by atoms with Gasteiger partial charge in [0.05, 0.1) is 11.1 Å². The second kappa shape index (κ2) is 6.52. The van der Waals surface area contributed by atoms with Crippen molar-refractivity contribution in [2.75, 3.05) is 6.61 Å². The predicted molar refractivity (Wildman–Crippen MR) is 77.0 cm³/mol. The molecule has 1 heterocycles. The minimum Gasteiger partial charge on any atom is -0.478 e. The molecule has 1 aromatic heterocycles. The van der Waals surface area contributed by atoms with Crippen molar-refractivity contribution in [3.05, 3.63) is 29.6 Å². The lowest BCUT2D eigenvalue weighted by Gasteiger charge is -2.06. The molecule has 1 aromatic carbocycles. The van der Waals surface area contributed by atoms with E-state index in [1.165, 1.54) is 0 Å². The van der Waals surface area contributed by atoms with Crippen LogP contribution in [0.3, 0.4) is 0 Å². The summed E-state index contributed by atoms with van der Waals surface area (Å²) in [6, 6.07) is 5.26. The van der Waals surface area contributed by atoms with Gasteiger partial charge >= 0.3 is 5.97 Å². The molecule has 0 amide bonds. The third-order valence-electron chi connectivity index (χ3n) is 3.49. The van der Waals surface area contributed by atoms with Crippen LogP contribution >= 0.6 is 0 Å². The van der Waals surface area contributed by atoms with Crippen molar-refractivity contribution >= 4 is 17.0 Å². The van der Waals surface area contributed by atoms with Gasteiger partial charge in [-0.15, -0.1) is 0 Å². The summed E-state index contributed by atoms with van der Waals surface area (Å²) in [5.41, 5.74) is 1.70. The highest BCUT2D eigenvalue weighted by Crippen LogP contribution is 2.21. The molecule has 0 aliphatic rings. The largest absolute Gasteiger partial charge is 0.478 e. The molecular formula is C15H20N2O3. The summed E-state index contributed by atoms with van der Waals surface area (Å²) in [5.74, 6) is -0.0981. The van der Waals surface area contributed by atoms with E-state index in [1.807, 2.05) is 13.0 Å². The third-order valence-corrected chi connectivity index (χ3v) is 3.49. The number of aliphatic hydroxyl groups is 1. The predicted octanol–water partition coefficient (Wildman–Crippen LogP) is 2.60. The smallest absolute Gasteiger partial charge is 0.337 e. The number of para-hydroxylation sites is 1. The van der Waals surface area contributed by atoms with E-state index in [4.69, 9.17) is 5.11 Å². The number of carbonyl (C=O) groups is 1. The fourth-order valence-electron chi connectivity index (χ4n) is 2.45. The van der Waals surface area contributed by atoms with Crippen LogP contribution in [0, 0.1) is 6.92 Å². The number of unbranched alkanes of at least 4 members (excludes halogenated alkanes) is 3. The summed E-state index contributed by atoms with van der Waals surface area (Å²) in [4.78, 5) is 15.6. The molecule has 2 aromatic rings. The van der Waals surface area contributed by atoms with Crippen LogP contribution in [0.4, 0.5) is 0 Å². The van der Waals surface area contributed by atoms with Gasteiger partial charge in [-0.05, 0) is 31.9 Å². The molecule has 0 aliphatic carbocycles. The summed E-state index contributed by atoms with van der Waals surface area (Å²) in [6.45, 7) is 2.98. The number of imidazole rings is 1. The molecule has 0 saturated heterocycles. The normalized spacial score (nSPS) is 11.1. The molecule has 5 heteroatoms. The zero-order chi connectivity index (χ0) is 14.5. The Hall–Kier alpha value is -1.88. The van der Waals surface area contributed by atoms with Crippen molar-refractivity contribution in [3.63, 3.8) is 0 Å². The van der Waals surface area contributed by atoms with Crippen LogP contribution in [0.15, 0.2) is 18.2 Å². The molecular weight excluding hydrogens is 256 g/mol. The van der Waals surface area contributed by atoms with Crippen LogP contribution in [0.1, 0.15) is 41.9 Å². The number of nitrogens with zero attached hydrogens (tertiary/aromatic N) is 2. The Kier molecular flexibility index (Phi) is 4.74. The van der Waals surface area contributed by atoms with Crippen molar-refractivity contribution in [1.29, 1.82) is 0 Å². The number of hydrogen-bond acceptors (Lipinski definition) is 3. The van der Waals surface area contributed by atoms with Gasteiger partial charge in [0.1, 0.15) is 11.3 Å². The van der Waals surface area contributed by atoms with Gasteiger partial charge in [-0.25, -0.2) is 9.78 Å². The Morgan fingerprint density at radius 1 is 1.25 bits per heavy atom. The number of rotatable bonds is 7. The Bertz CT molecular complexity index is 604. The lowest BCUT2D eigenvalue weighted by Crippen LogP contribution is -2.01. The Balaban J connectivity index is 2.19. The standard InChI is InChI=1S/C15H20N2O3/c1-11-16-14-12(15(19)20)7-6-8-13(14)17(11)9-4-2-3-5-10-18/h6-8,18H,2-5,9-10H2,1H3,(H,19,20). The van der Waals surface area contributed by atoms with Crippen LogP contribution in [0.5, 0.6) is 0 Å². The quantitative estimate of drug-likeness (QED) is 0.762. The van der Waals surface area contributed by atoms with Gasteiger partial charge in [-0.3, -0.25) is 0 Å². The van der Waals surface area contributed by atoms with Gasteiger partial charge in [-0.1, -0.05) is 18.9 Å². The minimum atomic E-state index is -0.941. The van der Waals surface area contributed by atoms with Crippen LogP contribution in [0.2, 0.25) is 0 Å². The first-order valence-corrected chi connectivity index (χ1v) is 6.95. The van der Waals surface area contributed by atoms with Crippen LogP contribution in [0.25, 0.3) is 11.0 Å². The van der Waals surface area contributed by atoms with Crippen LogP contribution in [-0.2, 0) is 6.54 Å². The van der Waals surface area contributed by atoms with Crippen molar-refractivity contribution in [2.24, 2.45) is 0 Å². The number of aromatic nitrogens is 2. The molecule has 0 aliphatic heterocycles. The molecule has 5 nitrogen and oxygen atoms in total. The molecule has 0 spiro atoms. The topological polar surface area (TPSA) is 75.3 Å². The lowest BCUT2D eigenvalue weighted by molar-refractivity contribution is 0.0699. The van der Waals surface area contributed by atoms with E-state index in [2.05, 4.69) is 9.55 Å². The van der Waals surface area contributed by atoms with E-state index >= 15 is 0 Å². The highest BCUT2D eigenvalue weighted by molar-refractivity contribution is 6.01. The fraction of sp³-hybridized carbons (Fsp3) is 0.467. The van der Waals surface area contributed by atoms with E-state index in [1.54, 1.807) is 12.1 Å². The van der Waals surface area contributed by atoms with Gasteiger partial charge in [-0.2, -0.15) is 0 Å². The average molecular weight is 276 g/mol. The monoisotopic (exact) mass is 276 g/mol. The summed E-state index contributed by atoms with van der Waals surface area (Å²) in [5, 5.41) is 17.9. The zero-order valence-electron chi connectivity index (χ0n) is 11.7.